The molecule has 19 heavy (non-hydrogen) atoms. The minimum absolute atomic E-state index is 0.341. The summed E-state index contributed by atoms with van der Waals surface area (Å²) in [6.07, 6.45) is -0.940. The van der Waals surface area contributed by atoms with Gasteiger partial charge >= 0.3 is 6.18 Å². The fourth-order valence-corrected chi connectivity index (χ4v) is 2.71. The average molecular weight is 267 g/mol. The zero-order chi connectivity index (χ0) is 13.6. The van der Waals surface area contributed by atoms with Crippen LogP contribution in [0.3, 0.4) is 0 Å². The Morgan fingerprint density at radius 3 is 2.58 bits per heavy atom. The molecule has 0 radical (unpaired) electrons. The van der Waals surface area contributed by atoms with Crippen LogP contribution in [0.5, 0.6) is 0 Å². The first-order chi connectivity index (χ1) is 8.97. The van der Waals surface area contributed by atoms with Crippen molar-refractivity contribution in [2.75, 3.05) is 0 Å². The maximum atomic E-state index is 12.8. The summed E-state index contributed by atoms with van der Waals surface area (Å²) >= 11 is 0. The third kappa shape index (κ3) is 2.03. The van der Waals surface area contributed by atoms with E-state index in [-0.39, 0.29) is 0 Å². The lowest BCUT2D eigenvalue weighted by Gasteiger charge is -2.18. The highest BCUT2D eigenvalue weighted by atomic mass is 19.4. The number of aromatic amines is 1. The van der Waals surface area contributed by atoms with Crippen molar-refractivity contribution in [3.8, 4) is 0 Å². The third-order valence-electron chi connectivity index (χ3n) is 3.64. The van der Waals surface area contributed by atoms with Crippen LogP contribution in [0.25, 0.3) is 10.9 Å². The van der Waals surface area contributed by atoms with Crippen LogP contribution in [0.15, 0.2) is 23.0 Å². The molecule has 3 rings (SSSR count). The molecule has 1 aromatic carbocycles. The first-order valence-corrected chi connectivity index (χ1v) is 6.22. The number of benzene rings is 1. The molecule has 1 aromatic heterocycles. The predicted molar refractivity (Wildman–Crippen MR) is 66.2 cm³/mol. The van der Waals surface area contributed by atoms with Crippen LogP contribution < -0.4 is 5.43 Å². The van der Waals surface area contributed by atoms with Gasteiger partial charge in [-0.1, -0.05) is 6.07 Å². The molecular formula is C14H12F3NO. The highest BCUT2D eigenvalue weighted by molar-refractivity contribution is 5.83. The van der Waals surface area contributed by atoms with E-state index >= 15 is 0 Å². The van der Waals surface area contributed by atoms with Gasteiger partial charge in [0.25, 0.3) is 0 Å². The lowest BCUT2D eigenvalue weighted by molar-refractivity contribution is -0.141. The lowest BCUT2D eigenvalue weighted by Crippen LogP contribution is -2.16. The molecule has 1 heterocycles. The summed E-state index contributed by atoms with van der Waals surface area (Å²) in [5, 5.41) is 0.341. The number of rotatable bonds is 0. The van der Waals surface area contributed by atoms with Gasteiger partial charge in [0.05, 0.1) is 5.52 Å². The molecule has 0 spiro atoms. The van der Waals surface area contributed by atoms with E-state index in [9.17, 15) is 18.0 Å². The van der Waals surface area contributed by atoms with Gasteiger partial charge in [0, 0.05) is 11.5 Å². The first kappa shape index (κ1) is 12.3. The van der Waals surface area contributed by atoms with Gasteiger partial charge in [0.15, 0.2) is 5.43 Å². The molecule has 1 aliphatic carbocycles. The molecule has 0 saturated heterocycles. The largest absolute Gasteiger partial charge is 0.431 e. The molecule has 0 atom stereocenters. The SMILES string of the molecule is O=c1cc(C(F)(F)F)[nH]c2c3c(ccc12)CCCC3. The summed E-state index contributed by atoms with van der Waals surface area (Å²) < 4.78 is 38.3. The van der Waals surface area contributed by atoms with Gasteiger partial charge in [-0.15, -0.1) is 0 Å². The summed E-state index contributed by atoms with van der Waals surface area (Å²) in [6.45, 7) is 0. The zero-order valence-electron chi connectivity index (χ0n) is 10.1. The number of pyridine rings is 1. The van der Waals surface area contributed by atoms with Crippen LogP contribution in [-0.2, 0) is 19.0 Å². The number of hydrogen-bond donors (Lipinski definition) is 1. The van der Waals surface area contributed by atoms with E-state index in [0.717, 1.165) is 36.8 Å². The maximum Gasteiger partial charge on any atom is 0.431 e. The van der Waals surface area contributed by atoms with Crippen LogP contribution >= 0.6 is 0 Å². The Bertz CT molecular complexity index is 700. The molecule has 1 N–H and O–H groups in total. The van der Waals surface area contributed by atoms with Gasteiger partial charge in [-0.05, 0) is 42.9 Å². The average Bonchev–Trinajstić information content (AvgIpc) is 2.37. The Hall–Kier alpha value is -1.78. The number of hydrogen-bond acceptors (Lipinski definition) is 1. The molecule has 0 saturated carbocycles. The van der Waals surface area contributed by atoms with Crippen molar-refractivity contribution in [2.24, 2.45) is 0 Å². The fourth-order valence-electron chi connectivity index (χ4n) is 2.71. The highest BCUT2D eigenvalue weighted by Gasteiger charge is 2.32. The van der Waals surface area contributed by atoms with Crippen LogP contribution in [-0.4, -0.2) is 4.98 Å². The Morgan fingerprint density at radius 1 is 1.11 bits per heavy atom. The van der Waals surface area contributed by atoms with Gasteiger partial charge in [0.1, 0.15) is 5.69 Å². The van der Waals surface area contributed by atoms with E-state index < -0.39 is 17.3 Å². The second-order valence-corrected chi connectivity index (χ2v) is 4.88. The molecule has 0 unspecified atom stereocenters. The van der Waals surface area contributed by atoms with E-state index in [4.69, 9.17) is 0 Å². The minimum Gasteiger partial charge on any atom is -0.351 e. The molecule has 1 aliphatic rings. The van der Waals surface area contributed by atoms with Gasteiger partial charge in [0.2, 0.25) is 0 Å². The Kier molecular flexibility index (Phi) is 2.66. The smallest absolute Gasteiger partial charge is 0.351 e. The monoisotopic (exact) mass is 267 g/mol. The highest BCUT2D eigenvalue weighted by Crippen LogP contribution is 2.31. The van der Waals surface area contributed by atoms with Gasteiger partial charge < -0.3 is 4.98 Å². The number of H-pyrrole nitrogens is 1. The van der Waals surface area contributed by atoms with Crippen molar-refractivity contribution in [2.45, 2.75) is 31.9 Å². The Labute approximate surface area is 107 Å². The molecule has 0 bridgehead atoms. The lowest BCUT2D eigenvalue weighted by atomic mass is 9.89. The number of nitrogens with one attached hydrogen (secondary N) is 1. The summed E-state index contributed by atoms with van der Waals surface area (Å²) in [6, 6.07) is 4.12. The third-order valence-corrected chi connectivity index (χ3v) is 3.64. The topological polar surface area (TPSA) is 32.9 Å². The quantitative estimate of drug-likeness (QED) is 0.779. The van der Waals surface area contributed by atoms with Crippen LogP contribution in [0, 0.1) is 0 Å². The summed E-state index contributed by atoms with van der Waals surface area (Å²) in [5.74, 6) is 0. The van der Waals surface area contributed by atoms with Crippen molar-refractivity contribution < 1.29 is 13.2 Å². The number of fused-ring (bicyclic) bond motifs is 3. The number of aromatic nitrogens is 1. The fraction of sp³-hybridized carbons (Fsp3) is 0.357. The normalized spacial score (nSPS) is 15.5. The number of alkyl halides is 3. The van der Waals surface area contributed by atoms with Crippen molar-refractivity contribution in [1.29, 1.82) is 0 Å². The predicted octanol–water partition coefficient (Wildman–Crippen LogP) is 3.43. The van der Waals surface area contributed by atoms with E-state index in [1.54, 1.807) is 6.07 Å². The second-order valence-electron chi connectivity index (χ2n) is 4.88. The summed E-state index contributed by atoms with van der Waals surface area (Å²) in [7, 11) is 0. The van der Waals surface area contributed by atoms with Crippen LogP contribution in [0.4, 0.5) is 13.2 Å². The van der Waals surface area contributed by atoms with E-state index in [2.05, 4.69) is 4.98 Å². The first-order valence-electron chi connectivity index (χ1n) is 6.22. The number of halogens is 3. The molecule has 0 aliphatic heterocycles. The summed E-state index contributed by atoms with van der Waals surface area (Å²) in [5.41, 5.74) is 0.733. The van der Waals surface area contributed by atoms with Crippen LogP contribution in [0.1, 0.15) is 29.7 Å². The van der Waals surface area contributed by atoms with Crippen molar-refractivity contribution >= 4 is 10.9 Å². The van der Waals surface area contributed by atoms with Gasteiger partial charge in [-0.25, -0.2) is 0 Å². The van der Waals surface area contributed by atoms with Gasteiger partial charge in [-0.2, -0.15) is 13.2 Å². The second kappa shape index (κ2) is 4.11. The van der Waals surface area contributed by atoms with E-state index in [1.165, 1.54) is 0 Å². The molecule has 5 heteroatoms. The van der Waals surface area contributed by atoms with Crippen molar-refractivity contribution in [3.05, 3.63) is 45.2 Å². The van der Waals surface area contributed by atoms with Crippen molar-refractivity contribution in [1.82, 2.24) is 4.98 Å². The molecule has 2 nitrogen and oxygen atoms in total. The molecule has 0 fully saturated rings. The van der Waals surface area contributed by atoms with E-state index in [1.807, 2.05) is 6.07 Å². The number of aryl methyl sites for hydroxylation is 2. The molecular weight excluding hydrogens is 255 g/mol. The standard InChI is InChI=1S/C14H12F3NO/c15-14(16,17)12-7-11(19)10-6-5-8-3-1-2-4-9(8)13(10)18-12/h5-7H,1-4H2,(H,18,19). The Morgan fingerprint density at radius 2 is 1.84 bits per heavy atom. The van der Waals surface area contributed by atoms with Gasteiger partial charge in [-0.3, -0.25) is 4.79 Å². The van der Waals surface area contributed by atoms with E-state index in [0.29, 0.717) is 17.0 Å². The molecule has 0 amide bonds. The minimum atomic E-state index is -4.52. The van der Waals surface area contributed by atoms with Crippen LogP contribution in [0.2, 0.25) is 0 Å². The zero-order valence-corrected chi connectivity index (χ0v) is 10.1. The molecule has 100 valence electrons. The summed E-state index contributed by atoms with van der Waals surface area (Å²) in [4.78, 5) is 14.2. The maximum absolute atomic E-state index is 12.8. The Balaban J connectivity index is 2.35. The van der Waals surface area contributed by atoms with Crippen molar-refractivity contribution in [3.63, 3.8) is 0 Å². The molecule has 2 aromatic rings.